The van der Waals surface area contributed by atoms with Gasteiger partial charge in [-0.1, -0.05) is 23.7 Å². The first-order chi connectivity index (χ1) is 17.1. The van der Waals surface area contributed by atoms with E-state index >= 15 is 0 Å². The van der Waals surface area contributed by atoms with Gasteiger partial charge < -0.3 is 19.8 Å². The molecule has 0 aliphatic carbocycles. The van der Waals surface area contributed by atoms with Gasteiger partial charge in [0.05, 0.1) is 18.8 Å². The van der Waals surface area contributed by atoms with Crippen LogP contribution in [0.25, 0.3) is 23.0 Å². The molecule has 5 rings (SSSR count). The maximum absolute atomic E-state index is 12.7. The predicted octanol–water partition coefficient (Wildman–Crippen LogP) is 4.54. The minimum absolute atomic E-state index is 0.112. The number of halogens is 1. The summed E-state index contributed by atoms with van der Waals surface area (Å²) in [5.74, 6) is 0.839. The first-order valence-electron chi connectivity index (χ1n) is 11.7. The van der Waals surface area contributed by atoms with Crippen molar-refractivity contribution in [1.29, 1.82) is 0 Å². The third-order valence-electron chi connectivity index (χ3n) is 6.13. The van der Waals surface area contributed by atoms with Gasteiger partial charge in [0.25, 0.3) is 11.8 Å². The molecule has 0 unspecified atom stereocenters. The standard InChI is InChI=1S/C27H26ClN3O4/c28-20-5-7-24-22(16-20)23(27(33)30-24)17-21-6-8-25(35-21)18-3-1-4-19(15-18)26(32)29-9-2-10-31-11-13-34-14-12-31/h1,3-8,15-17H,2,9-14H2,(H,29,32)(H,30,33). The number of anilines is 1. The summed E-state index contributed by atoms with van der Waals surface area (Å²) in [6.07, 6.45) is 2.59. The van der Waals surface area contributed by atoms with Gasteiger partial charge in [0.15, 0.2) is 0 Å². The van der Waals surface area contributed by atoms with Crippen LogP contribution < -0.4 is 10.6 Å². The maximum atomic E-state index is 12.7. The number of carbonyl (C=O) groups is 2. The van der Waals surface area contributed by atoms with Crippen molar-refractivity contribution in [1.82, 2.24) is 10.2 Å². The van der Waals surface area contributed by atoms with Crippen LogP contribution in [0.5, 0.6) is 0 Å². The molecule has 35 heavy (non-hydrogen) atoms. The van der Waals surface area contributed by atoms with E-state index in [1.807, 2.05) is 24.3 Å². The van der Waals surface area contributed by atoms with Crippen LogP contribution in [0.3, 0.4) is 0 Å². The van der Waals surface area contributed by atoms with Crippen LogP contribution in [0.15, 0.2) is 59.0 Å². The molecule has 0 atom stereocenters. The van der Waals surface area contributed by atoms with Gasteiger partial charge in [0, 0.05) is 47.0 Å². The van der Waals surface area contributed by atoms with E-state index in [4.69, 9.17) is 20.8 Å². The Bertz CT molecular complexity index is 1280. The quantitative estimate of drug-likeness (QED) is 0.374. The van der Waals surface area contributed by atoms with Gasteiger partial charge in [0.1, 0.15) is 11.5 Å². The number of carbonyl (C=O) groups excluding carboxylic acids is 2. The number of furan rings is 1. The van der Waals surface area contributed by atoms with Crippen LogP contribution in [-0.2, 0) is 9.53 Å². The minimum Gasteiger partial charge on any atom is -0.457 e. The highest BCUT2D eigenvalue weighted by Gasteiger charge is 2.24. The lowest BCUT2D eigenvalue weighted by atomic mass is 10.1. The average molecular weight is 492 g/mol. The van der Waals surface area contributed by atoms with Gasteiger partial charge in [-0.3, -0.25) is 14.5 Å². The fourth-order valence-electron chi connectivity index (χ4n) is 4.28. The molecule has 2 aliphatic rings. The normalized spacial score (nSPS) is 16.8. The minimum atomic E-state index is -0.201. The molecule has 0 saturated carbocycles. The number of ether oxygens (including phenoxy) is 1. The topological polar surface area (TPSA) is 83.8 Å². The van der Waals surface area contributed by atoms with E-state index in [2.05, 4.69) is 15.5 Å². The van der Waals surface area contributed by atoms with Crippen molar-refractivity contribution in [3.8, 4) is 11.3 Å². The molecule has 1 saturated heterocycles. The van der Waals surface area contributed by atoms with Crippen molar-refractivity contribution in [2.24, 2.45) is 0 Å². The number of morpholine rings is 1. The van der Waals surface area contributed by atoms with Crippen molar-refractivity contribution in [2.75, 3.05) is 44.7 Å². The van der Waals surface area contributed by atoms with Crippen molar-refractivity contribution >= 4 is 40.8 Å². The summed E-state index contributed by atoms with van der Waals surface area (Å²) in [7, 11) is 0. The molecule has 2 amide bonds. The number of nitrogens with one attached hydrogen (secondary N) is 2. The van der Waals surface area contributed by atoms with Crippen molar-refractivity contribution < 1.29 is 18.7 Å². The number of rotatable bonds is 7. The largest absolute Gasteiger partial charge is 0.457 e. The Morgan fingerprint density at radius 1 is 1.11 bits per heavy atom. The summed E-state index contributed by atoms with van der Waals surface area (Å²) < 4.78 is 11.4. The molecule has 8 heteroatoms. The second-order valence-corrected chi connectivity index (χ2v) is 8.98. The zero-order valence-corrected chi connectivity index (χ0v) is 19.9. The second kappa shape index (κ2) is 10.5. The van der Waals surface area contributed by atoms with E-state index in [9.17, 15) is 9.59 Å². The maximum Gasteiger partial charge on any atom is 0.256 e. The molecular formula is C27H26ClN3O4. The predicted molar refractivity (Wildman–Crippen MR) is 136 cm³/mol. The monoisotopic (exact) mass is 491 g/mol. The molecule has 2 aromatic carbocycles. The Labute approximate surface area is 208 Å². The first kappa shape index (κ1) is 23.4. The number of hydrogen-bond acceptors (Lipinski definition) is 5. The Morgan fingerprint density at radius 2 is 1.97 bits per heavy atom. The van der Waals surface area contributed by atoms with Crippen LogP contribution >= 0.6 is 11.6 Å². The Hall–Kier alpha value is -3.39. The van der Waals surface area contributed by atoms with Crippen LogP contribution in [0, 0.1) is 0 Å². The molecule has 2 aliphatic heterocycles. The number of amides is 2. The molecule has 3 aromatic rings. The Kier molecular flexibility index (Phi) is 6.99. The molecule has 2 N–H and O–H groups in total. The fraction of sp³-hybridized carbons (Fsp3) is 0.259. The van der Waals surface area contributed by atoms with Crippen molar-refractivity contribution in [3.63, 3.8) is 0 Å². The zero-order chi connectivity index (χ0) is 24.2. The summed E-state index contributed by atoms with van der Waals surface area (Å²) in [4.78, 5) is 27.4. The lowest BCUT2D eigenvalue weighted by molar-refractivity contribution is -0.110. The van der Waals surface area contributed by atoms with Crippen molar-refractivity contribution in [3.05, 3.63) is 76.5 Å². The number of nitrogens with zero attached hydrogens (tertiary/aromatic N) is 1. The fourth-order valence-corrected chi connectivity index (χ4v) is 4.45. The van der Waals surface area contributed by atoms with Gasteiger partial charge in [-0.2, -0.15) is 0 Å². The first-order valence-corrected chi connectivity index (χ1v) is 12.1. The van der Waals surface area contributed by atoms with Crippen LogP contribution in [-0.4, -0.2) is 56.1 Å². The van der Waals surface area contributed by atoms with E-state index in [-0.39, 0.29) is 11.8 Å². The van der Waals surface area contributed by atoms with Crippen molar-refractivity contribution in [2.45, 2.75) is 6.42 Å². The summed E-state index contributed by atoms with van der Waals surface area (Å²) in [6, 6.07) is 16.2. The summed E-state index contributed by atoms with van der Waals surface area (Å²) in [6.45, 7) is 5.01. The highest BCUT2D eigenvalue weighted by Crippen LogP contribution is 2.35. The third kappa shape index (κ3) is 5.48. The number of benzene rings is 2. The van der Waals surface area contributed by atoms with Gasteiger partial charge in [-0.25, -0.2) is 0 Å². The number of fused-ring (bicyclic) bond motifs is 1. The molecule has 1 aromatic heterocycles. The lowest BCUT2D eigenvalue weighted by Gasteiger charge is -2.26. The van der Waals surface area contributed by atoms with E-state index in [0.717, 1.165) is 56.1 Å². The molecule has 0 spiro atoms. The SMILES string of the molecule is O=C1Nc2ccc(Cl)cc2C1=Cc1ccc(-c2cccc(C(=O)NCCCN3CCOCC3)c2)o1. The average Bonchev–Trinajstić information content (AvgIpc) is 3.47. The van der Waals surface area contributed by atoms with E-state index in [0.29, 0.717) is 34.2 Å². The van der Waals surface area contributed by atoms with Gasteiger partial charge in [-0.15, -0.1) is 0 Å². The summed E-state index contributed by atoms with van der Waals surface area (Å²) in [5, 5.41) is 6.39. The van der Waals surface area contributed by atoms with Gasteiger partial charge >= 0.3 is 0 Å². The molecule has 180 valence electrons. The van der Waals surface area contributed by atoms with Crippen LogP contribution in [0.1, 0.15) is 28.1 Å². The number of hydrogen-bond donors (Lipinski definition) is 2. The summed E-state index contributed by atoms with van der Waals surface area (Å²) in [5.41, 5.74) is 3.32. The van der Waals surface area contributed by atoms with E-state index < -0.39 is 0 Å². The summed E-state index contributed by atoms with van der Waals surface area (Å²) >= 11 is 6.11. The lowest BCUT2D eigenvalue weighted by Crippen LogP contribution is -2.38. The molecule has 3 heterocycles. The molecule has 7 nitrogen and oxygen atoms in total. The molecule has 1 fully saturated rings. The van der Waals surface area contributed by atoms with Crippen LogP contribution in [0.2, 0.25) is 5.02 Å². The van der Waals surface area contributed by atoms with Crippen LogP contribution in [0.4, 0.5) is 5.69 Å². The Balaban J connectivity index is 1.24. The van der Waals surface area contributed by atoms with E-state index in [1.165, 1.54) is 0 Å². The Morgan fingerprint density at radius 3 is 2.83 bits per heavy atom. The second-order valence-electron chi connectivity index (χ2n) is 8.55. The van der Waals surface area contributed by atoms with E-state index in [1.54, 1.807) is 36.4 Å². The smallest absolute Gasteiger partial charge is 0.256 e. The third-order valence-corrected chi connectivity index (χ3v) is 6.36. The van der Waals surface area contributed by atoms with Gasteiger partial charge in [0.2, 0.25) is 0 Å². The highest BCUT2D eigenvalue weighted by atomic mass is 35.5. The molecule has 0 radical (unpaired) electrons. The molecular weight excluding hydrogens is 466 g/mol. The molecule has 0 bridgehead atoms. The van der Waals surface area contributed by atoms with Gasteiger partial charge in [-0.05, 0) is 61.5 Å². The zero-order valence-electron chi connectivity index (χ0n) is 19.2. The highest BCUT2D eigenvalue weighted by molar-refractivity contribution is 6.36.